The van der Waals surface area contributed by atoms with Crippen molar-refractivity contribution in [2.24, 2.45) is 0 Å². The predicted molar refractivity (Wildman–Crippen MR) is 43.2 cm³/mol. The van der Waals surface area contributed by atoms with Crippen LogP contribution in [0.25, 0.3) is 0 Å². The molecule has 0 saturated heterocycles. The molecule has 0 radical (unpaired) electrons. The van der Waals surface area contributed by atoms with Crippen LogP contribution in [0.4, 0.5) is 0 Å². The molecule has 0 bridgehead atoms. The van der Waals surface area contributed by atoms with Gasteiger partial charge in [0.1, 0.15) is 17.9 Å². The number of aliphatic carboxylic acids is 1. The Balaban J connectivity index is 2.46. The van der Waals surface area contributed by atoms with Crippen LogP contribution in [0.1, 0.15) is 6.42 Å². The topological polar surface area (TPSA) is 95.9 Å². The summed E-state index contributed by atoms with van der Waals surface area (Å²) in [5.74, 6) is -1.73. The molecule has 0 aromatic heterocycles. The van der Waals surface area contributed by atoms with Gasteiger partial charge in [0, 0.05) is 13.0 Å². The van der Waals surface area contributed by atoms with Gasteiger partial charge in [0.2, 0.25) is 5.60 Å². The summed E-state index contributed by atoms with van der Waals surface area (Å²) in [5, 5.41) is 20.9. The molecule has 2 aliphatic rings. The fourth-order valence-corrected chi connectivity index (χ4v) is 1.62. The predicted octanol–water partition coefficient (Wildman–Crippen LogP) is -1.39. The Morgan fingerprint density at radius 1 is 1.57 bits per heavy atom. The number of nitrogens with one attached hydrogen (secondary N) is 1. The van der Waals surface area contributed by atoms with E-state index in [9.17, 15) is 14.7 Å². The van der Waals surface area contributed by atoms with Crippen LogP contribution in [-0.4, -0.2) is 40.8 Å². The molecule has 0 spiro atoms. The van der Waals surface area contributed by atoms with Crippen LogP contribution in [0, 0.1) is 0 Å². The Morgan fingerprint density at radius 3 is 2.93 bits per heavy atom. The second kappa shape index (κ2) is 2.71. The molecule has 0 aliphatic carbocycles. The number of amides is 1. The van der Waals surface area contributed by atoms with E-state index < -0.39 is 17.5 Å². The molecule has 1 atom stereocenters. The third kappa shape index (κ3) is 1.00. The van der Waals surface area contributed by atoms with Crippen molar-refractivity contribution < 1.29 is 24.5 Å². The number of aliphatic hydroxyl groups is 1. The molecule has 6 nitrogen and oxygen atoms in total. The van der Waals surface area contributed by atoms with E-state index in [1.54, 1.807) is 0 Å². The van der Waals surface area contributed by atoms with Gasteiger partial charge in [-0.05, 0) is 0 Å². The summed E-state index contributed by atoms with van der Waals surface area (Å²) in [7, 11) is 0. The molecule has 6 heteroatoms. The molecular formula is C8H9NO5. The van der Waals surface area contributed by atoms with Crippen LogP contribution in [0.15, 0.2) is 11.3 Å². The van der Waals surface area contributed by atoms with Gasteiger partial charge in [0.15, 0.2) is 0 Å². The van der Waals surface area contributed by atoms with Crippen molar-refractivity contribution in [2.45, 2.75) is 12.0 Å². The first kappa shape index (κ1) is 9.01. The van der Waals surface area contributed by atoms with Gasteiger partial charge in [0.05, 0.1) is 0 Å². The van der Waals surface area contributed by atoms with E-state index in [2.05, 4.69) is 5.32 Å². The summed E-state index contributed by atoms with van der Waals surface area (Å²) >= 11 is 0. The van der Waals surface area contributed by atoms with Crippen LogP contribution in [-0.2, 0) is 14.3 Å². The fourth-order valence-electron chi connectivity index (χ4n) is 1.62. The second-order valence-electron chi connectivity index (χ2n) is 3.26. The summed E-state index contributed by atoms with van der Waals surface area (Å²) in [5.41, 5.74) is -2.34. The van der Waals surface area contributed by atoms with E-state index in [1.807, 2.05) is 0 Å². The van der Waals surface area contributed by atoms with E-state index in [4.69, 9.17) is 9.84 Å². The average Bonchev–Trinajstić information content (AvgIpc) is 2.47. The zero-order valence-electron chi connectivity index (χ0n) is 7.24. The number of hydrogen-bond donors (Lipinski definition) is 3. The van der Waals surface area contributed by atoms with Crippen molar-refractivity contribution >= 4 is 11.9 Å². The Kier molecular flexibility index (Phi) is 1.75. The van der Waals surface area contributed by atoms with E-state index in [-0.39, 0.29) is 12.2 Å². The fraction of sp³-hybridized carbons (Fsp3) is 0.500. The number of carboxylic acid groups (broad SMARTS) is 1. The van der Waals surface area contributed by atoms with Gasteiger partial charge in [0.25, 0.3) is 5.91 Å². The van der Waals surface area contributed by atoms with Crippen molar-refractivity contribution in [2.75, 3.05) is 13.2 Å². The zero-order valence-corrected chi connectivity index (χ0v) is 7.24. The van der Waals surface area contributed by atoms with E-state index in [1.165, 1.54) is 0 Å². The molecule has 76 valence electrons. The van der Waals surface area contributed by atoms with Crippen molar-refractivity contribution in [3.8, 4) is 0 Å². The minimum absolute atomic E-state index is 0.156. The monoisotopic (exact) mass is 199 g/mol. The van der Waals surface area contributed by atoms with Gasteiger partial charge < -0.3 is 20.3 Å². The maximum atomic E-state index is 11.3. The van der Waals surface area contributed by atoms with Crippen molar-refractivity contribution in [3.63, 3.8) is 0 Å². The summed E-state index contributed by atoms with van der Waals surface area (Å²) < 4.78 is 4.99. The minimum atomic E-state index is -2.18. The molecule has 0 aromatic rings. The number of ether oxygens (including phenoxy) is 1. The standard InChI is InChI=1S/C8H9NO5/c10-6-5-4(1-2-9-6)14-3-8(5,13)7(11)12/h13H,1-3H2,(H,9,10)(H,11,12). The van der Waals surface area contributed by atoms with Gasteiger partial charge in [-0.3, -0.25) is 4.79 Å². The molecular weight excluding hydrogens is 190 g/mol. The van der Waals surface area contributed by atoms with Crippen molar-refractivity contribution in [3.05, 3.63) is 11.3 Å². The molecule has 2 heterocycles. The summed E-state index contributed by atoms with van der Waals surface area (Å²) in [6, 6.07) is 0. The normalized spacial score (nSPS) is 30.8. The lowest BCUT2D eigenvalue weighted by molar-refractivity contribution is -0.157. The lowest BCUT2D eigenvalue weighted by Crippen LogP contribution is -2.47. The van der Waals surface area contributed by atoms with Crippen molar-refractivity contribution in [1.29, 1.82) is 0 Å². The molecule has 3 N–H and O–H groups in total. The van der Waals surface area contributed by atoms with Gasteiger partial charge in [-0.1, -0.05) is 0 Å². The number of rotatable bonds is 1. The summed E-state index contributed by atoms with van der Waals surface area (Å²) in [4.78, 5) is 22.1. The van der Waals surface area contributed by atoms with Gasteiger partial charge >= 0.3 is 5.97 Å². The van der Waals surface area contributed by atoms with E-state index in [0.29, 0.717) is 18.7 Å². The third-order valence-electron chi connectivity index (χ3n) is 2.37. The van der Waals surface area contributed by atoms with Gasteiger partial charge in [-0.15, -0.1) is 0 Å². The highest BCUT2D eigenvalue weighted by Crippen LogP contribution is 2.33. The first-order valence-electron chi connectivity index (χ1n) is 4.16. The van der Waals surface area contributed by atoms with Gasteiger partial charge in [-0.2, -0.15) is 0 Å². The second-order valence-corrected chi connectivity index (χ2v) is 3.26. The molecule has 0 aromatic carbocycles. The van der Waals surface area contributed by atoms with Crippen molar-refractivity contribution in [1.82, 2.24) is 5.32 Å². The average molecular weight is 199 g/mol. The largest absolute Gasteiger partial charge is 0.493 e. The first-order chi connectivity index (χ1) is 6.55. The number of carbonyl (C=O) groups excluding carboxylic acids is 1. The van der Waals surface area contributed by atoms with E-state index >= 15 is 0 Å². The lowest BCUT2D eigenvalue weighted by Gasteiger charge is -2.20. The number of hydrogen-bond acceptors (Lipinski definition) is 4. The maximum absolute atomic E-state index is 11.3. The Bertz CT molecular complexity index is 348. The maximum Gasteiger partial charge on any atom is 0.344 e. The molecule has 2 aliphatic heterocycles. The molecule has 14 heavy (non-hydrogen) atoms. The van der Waals surface area contributed by atoms with Crippen LogP contribution in [0.5, 0.6) is 0 Å². The van der Waals surface area contributed by atoms with Gasteiger partial charge in [-0.25, -0.2) is 4.79 Å². The highest BCUT2D eigenvalue weighted by atomic mass is 16.5. The molecule has 2 rings (SSSR count). The molecule has 1 amide bonds. The molecule has 1 unspecified atom stereocenters. The Morgan fingerprint density at radius 2 is 2.29 bits per heavy atom. The van der Waals surface area contributed by atoms with Crippen LogP contribution >= 0.6 is 0 Å². The Labute approximate surface area is 79.2 Å². The van der Waals surface area contributed by atoms with E-state index in [0.717, 1.165) is 0 Å². The highest BCUT2D eigenvalue weighted by molar-refractivity contribution is 6.04. The minimum Gasteiger partial charge on any atom is -0.493 e. The number of carboxylic acids is 1. The van der Waals surface area contributed by atoms with Crippen LogP contribution in [0.2, 0.25) is 0 Å². The molecule has 0 saturated carbocycles. The zero-order chi connectivity index (χ0) is 10.3. The molecule has 0 fully saturated rings. The van der Waals surface area contributed by atoms with Crippen LogP contribution in [0.3, 0.4) is 0 Å². The number of carbonyl (C=O) groups is 2. The summed E-state index contributed by atoms with van der Waals surface area (Å²) in [6.45, 7) is 0.0216. The van der Waals surface area contributed by atoms with Crippen LogP contribution < -0.4 is 5.32 Å². The Hall–Kier alpha value is -1.56. The SMILES string of the molecule is O=C1NCCC2=C1C(O)(C(=O)O)CO2. The summed E-state index contributed by atoms with van der Waals surface area (Å²) in [6.07, 6.45) is 0.427. The lowest BCUT2D eigenvalue weighted by atomic mass is 9.92. The quantitative estimate of drug-likeness (QED) is 0.483. The first-order valence-corrected chi connectivity index (χ1v) is 4.16. The smallest absolute Gasteiger partial charge is 0.344 e. The highest BCUT2D eigenvalue weighted by Gasteiger charge is 2.52. The third-order valence-corrected chi connectivity index (χ3v) is 2.37.